The molecule has 0 atom stereocenters. The van der Waals surface area contributed by atoms with Crippen molar-refractivity contribution in [3.05, 3.63) is 64.4 Å². The maximum absolute atomic E-state index is 12.5. The minimum Gasteiger partial charge on any atom is -0.481 e. The lowest BCUT2D eigenvalue weighted by Gasteiger charge is -2.08. The number of anilines is 1. The van der Waals surface area contributed by atoms with Gasteiger partial charge in [0.05, 0.1) is 23.3 Å². The third kappa shape index (κ3) is 3.35. The second-order valence-corrected chi connectivity index (χ2v) is 7.02. The molecule has 0 saturated heterocycles. The first-order valence-corrected chi connectivity index (χ1v) is 8.74. The highest BCUT2D eigenvalue weighted by atomic mass is 32.2. The highest BCUT2D eigenvalue weighted by Gasteiger charge is 2.25. The minimum absolute atomic E-state index is 0.131. The van der Waals surface area contributed by atoms with Crippen LogP contribution in [0.3, 0.4) is 0 Å². The molecule has 10 heteroatoms. The number of para-hydroxylation sites is 1. The van der Waals surface area contributed by atoms with Crippen molar-refractivity contribution in [3.8, 4) is 0 Å². The number of nitro groups is 1. The van der Waals surface area contributed by atoms with Crippen LogP contribution in [0.2, 0.25) is 0 Å². The van der Waals surface area contributed by atoms with Gasteiger partial charge in [-0.25, -0.2) is 8.42 Å². The number of rotatable bonds is 6. The Morgan fingerprint density at radius 2 is 1.96 bits per heavy atom. The third-order valence-corrected chi connectivity index (χ3v) is 5.03. The van der Waals surface area contributed by atoms with Gasteiger partial charge in [0.25, 0.3) is 15.7 Å². The van der Waals surface area contributed by atoms with Gasteiger partial charge in [-0.15, -0.1) is 0 Å². The standard InChI is InChI=1S/C16H12N2O7S/c19-16(20)7-10-9-25-14-8-11(5-6-12(10)14)17-26(23,24)15-4-2-1-3-13(15)18(21)22/h1-6,8-9,17H,7H2,(H,19,20). The fourth-order valence-electron chi connectivity index (χ4n) is 2.49. The number of nitrogens with one attached hydrogen (secondary N) is 1. The molecule has 0 saturated carbocycles. The molecule has 0 radical (unpaired) electrons. The van der Waals surface area contributed by atoms with Crippen LogP contribution < -0.4 is 4.72 Å². The van der Waals surface area contributed by atoms with E-state index in [0.29, 0.717) is 16.5 Å². The zero-order valence-electron chi connectivity index (χ0n) is 13.1. The molecule has 0 spiro atoms. The molecule has 0 fully saturated rings. The molecule has 2 aromatic carbocycles. The highest BCUT2D eigenvalue weighted by molar-refractivity contribution is 7.92. The van der Waals surface area contributed by atoms with Crippen LogP contribution in [-0.4, -0.2) is 24.4 Å². The summed E-state index contributed by atoms with van der Waals surface area (Å²) in [5, 5.41) is 20.4. The number of furan rings is 1. The SMILES string of the molecule is O=C(O)Cc1coc2cc(NS(=O)(=O)c3ccccc3[N+](=O)[O-])ccc12. The number of carbonyl (C=O) groups is 1. The van der Waals surface area contributed by atoms with Crippen LogP contribution in [-0.2, 0) is 21.2 Å². The van der Waals surface area contributed by atoms with Gasteiger partial charge in [-0.1, -0.05) is 12.1 Å². The first-order valence-electron chi connectivity index (χ1n) is 7.26. The second-order valence-electron chi connectivity index (χ2n) is 5.37. The first kappa shape index (κ1) is 17.4. The lowest BCUT2D eigenvalue weighted by molar-refractivity contribution is -0.387. The van der Waals surface area contributed by atoms with Gasteiger partial charge in [-0.3, -0.25) is 19.6 Å². The molecule has 1 heterocycles. The van der Waals surface area contributed by atoms with E-state index in [0.717, 1.165) is 12.1 Å². The van der Waals surface area contributed by atoms with Crippen LogP contribution in [0.15, 0.2) is 58.0 Å². The molecule has 2 N–H and O–H groups in total. The number of carboxylic acid groups (broad SMARTS) is 1. The number of carboxylic acids is 1. The second kappa shape index (κ2) is 6.48. The largest absolute Gasteiger partial charge is 0.481 e. The molecule has 134 valence electrons. The van der Waals surface area contributed by atoms with E-state index in [4.69, 9.17) is 9.52 Å². The van der Waals surface area contributed by atoms with Crippen molar-refractivity contribution in [2.75, 3.05) is 4.72 Å². The van der Waals surface area contributed by atoms with Gasteiger partial charge < -0.3 is 9.52 Å². The van der Waals surface area contributed by atoms with Crippen LogP contribution >= 0.6 is 0 Å². The molecule has 0 aliphatic rings. The fraction of sp³-hybridized carbons (Fsp3) is 0.0625. The summed E-state index contributed by atoms with van der Waals surface area (Å²) in [6, 6.07) is 9.32. The molecule has 1 aromatic heterocycles. The average Bonchev–Trinajstić information content (AvgIpc) is 2.96. The van der Waals surface area contributed by atoms with E-state index in [9.17, 15) is 23.3 Å². The summed E-state index contributed by atoms with van der Waals surface area (Å²) in [7, 11) is -4.20. The number of hydrogen-bond donors (Lipinski definition) is 2. The summed E-state index contributed by atoms with van der Waals surface area (Å²) in [6.45, 7) is 0. The molecule has 0 amide bonds. The lowest BCUT2D eigenvalue weighted by Crippen LogP contribution is -2.14. The zero-order valence-corrected chi connectivity index (χ0v) is 13.9. The quantitative estimate of drug-likeness (QED) is 0.498. The molecular formula is C16H12N2O7S. The summed E-state index contributed by atoms with van der Waals surface area (Å²) in [5.74, 6) is -1.02. The maximum atomic E-state index is 12.5. The smallest absolute Gasteiger partial charge is 0.307 e. The van der Waals surface area contributed by atoms with Gasteiger partial charge in [-0.05, 0) is 18.2 Å². The van der Waals surface area contributed by atoms with Gasteiger partial charge in [0.1, 0.15) is 5.58 Å². The third-order valence-electron chi connectivity index (χ3n) is 3.60. The van der Waals surface area contributed by atoms with Crippen LogP contribution in [0.1, 0.15) is 5.56 Å². The van der Waals surface area contributed by atoms with Crippen molar-refractivity contribution in [3.63, 3.8) is 0 Å². The topological polar surface area (TPSA) is 140 Å². The predicted octanol–water partition coefficient (Wildman–Crippen LogP) is 2.77. The minimum atomic E-state index is -4.20. The summed E-state index contributed by atoms with van der Waals surface area (Å²) in [4.78, 5) is 20.6. The Morgan fingerprint density at radius 3 is 2.65 bits per heavy atom. The zero-order chi connectivity index (χ0) is 18.9. The summed E-state index contributed by atoms with van der Waals surface area (Å²) < 4.78 is 32.5. The van der Waals surface area contributed by atoms with Crippen molar-refractivity contribution >= 4 is 38.3 Å². The van der Waals surface area contributed by atoms with Gasteiger partial charge in [0.15, 0.2) is 4.90 Å². The van der Waals surface area contributed by atoms with E-state index in [2.05, 4.69) is 4.72 Å². The summed E-state index contributed by atoms with van der Waals surface area (Å²) in [5.41, 5.74) is 0.347. The number of hydrogen-bond acceptors (Lipinski definition) is 6. The Hall–Kier alpha value is -3.40. The molecular weight excluding hydrogens is 364 g/mol. The van der Waals surface area contributed by atoms with E-state index in [1.54, 1.807) is 0 Å². The van der Waals surface area contributed by atoms with E-state index >= 15 is 0 Å². The molecule has 0 aliphatic carbocycles. The highest BCUT2D eigenvalue weighted by Crippen LogP contribution is 2.28. The molecule has 3 rings (SSSR count). The van der Waals surface area contributed by atoms with Crippen molar-refractivity contribution in [2.45, 2.75) is 11.3 Å². The number of aliphatic carboxylic acids is 1. The monoisotopic (exact) mass is 376 g/mol. The van der Waals surface area contributed by atoms with Gasteiger partial charge in [0.2, 0.25) is 0 Å². The number of nitrogens with zero attached hydrogens (tertiary/aromatic N) is 1. The number of benzene rings is 2. The van der Waals surface area contributed by atoms with Gasteiger partial charge in [0, 0.05) is 23.1 Å². The fourth-order valence-corrected chi connectivity index (χ4v) is 3.71. The number of sulfonamides is 1. The van der Waals surface area contributed by atoms with Crippen LogP contribution in [0.25, 0.3) is 11.0 Å². The molecule has 3 aromatic rings. The number of fused-ring (bicyclic) bond motifs is 1. The van der Waals surface area contributed by atoms with Crippen molar-refractivity contribution in [1.82, 2.24) is 0 Å². The summed E-state index contributed by atoms with van der Waals surface area (Å²) in [6.07, 6.45) is 1.06. The Morgan fingerprint density at radius 1 is 1.23 bits per heavy atom. The van der Waals surface area contributed by atoms with Crippen LogP contribution in [0, 0.1) is 10.1 Å². The van der Waals surface area contributed by atoms with Crippen molar-refractivity contribution in [2.24, 2.45) is 0 Å². The molecule has 0 unspecified atom stereocenters. The first-order chi connectivity index (χ1) is 12.3. The number of nitro benzene ring substituents is 1. The molecule has 0 bridgehead atoms. The Bertz CT molecular complexity index is 1120. The van der Waals surface area contributed by atoms with Crippen LogP contribution in [0.5, 0.6) is 0 Å². The average molecular weight is 376 g/mol. The van der Waals surface area contributed by atoms with Crippen LogP contribution in [0.4, 0.5) is 11.4 Å². The van der Waals surface area contributed by atoms with Crippen molar-refractivity contribution in [1.29, 1.82) is 0 Å². The molecule has 9 nitrogen and oxygen atoms in total. The Balaban J connectivity index is 1.96. The summed E-state index contributed by atoms with van der Waals surface area (Å²) >= 11 is 0. The maximum Gasteiger partial charge on any atom is 0.307 e. The van der Waals surface area contributed by atoms with Crippen molar-refractivity contribution < 1.29 is 27.7 Å². The van der Waals surface area contributed by atoms with E-state index < -0.39 is 31.5 Å². The molecule has 0 aliphatic heterocycles. The molecule has 26 heavy (non-hydrogen) atoms. The van der Waals surface area contributed by atoms with Gasteiger partial charge >= 0.3 is 5.97 Å². The Labute approximate surface area is 147 Å². The van der Waals surface area contributed by atoms with E-state index in [1.807, 2.05) is 0 Å². The predicted molar refractivity (Wildman–Crippen MR) is 91.5 cm³/mol. The Kier molecular flexibility index (Phi) is 4.34. The lowest BCUT2D eigenvalue weighted by atomic mass is 10.1. The normalized spacial score (nSPS) is 11.4. The van der Waals surface area contributed by atoms with Gasteiger partial charge in [-0.2, -0.15) is 0 Å². The van der Waals surface area contributed by atoms with E-state index in [1.165, 1.54) is 36.6 Å². The van der Waals surface area contributed by atoms with E-state index in [-0.39, 0.29) is 12.1 Å².